The number of alkyl halides is 3. The summed E-state index contributed by atoms with van der Waals surface area (Å²) in [5.74, 6) is -0.0927. The summed E-state index contributed by atoms with van der Waals surface area (Å²) in [6.07, 6.45) is -2.28. The zero-order valence-corrected chi connectivity index (χ0v) is 11.7. The van der Waals surface area contributed by atoms with E-state index in [9.17, 15) is 13.2 Å². The molecular weight excluding hydrogens is 307 g/mol. The van der Waals surface area contributed by atoms with Gasteiger partial charge in [0.1, 0.15) is 5.15 Å². The molecule has 2 heterocycles. The van der Waals surface area contributed by atoms with Crippen LogP contribution in [0.4, 0.5) is 13.2 Å². The molecule has 2 aromatic rings. The predicted molar refractivity (Wildman–Crippen MR) is 71.0 cm³/mol. The maximum atomic E-state index is 12.6. The van der Waals surface area contributed by atoms with Gasteiger partial charge in [-0.25, -0.2) is 9.97 Å². The van der Waals surface area contributed by atoms with E-state index in [2.05, 4.69) is 15.0 Å². The zero-order valence-electron chi connectivity index (χ0n) is 10.9. The first-order valence-electron chi connectivity index (χ1n) is 6.07. The van der Waals surface area contributed by atoms with Crippen molar-refractivity contribution in [2.75, 3.05) is 0 Å². The molecule has 2 rings (SSSR count). The normalized spacial score (nSPS) is 13.0. The van der Waals surface area contributed by atoms with Crippen molar-refractivity contribution in [1.82, 2.24) is 15.0 Å². The number of hydrogen-bond acceptors (Lipinski definition) is 4. The fraction of sp³-hybridized carbons (Fsp3) is 0.308. The Kier molecular flexibility index (Phi) is 4.62. The summed E-state index contributed by atoms with van der Waals surface area (Å²) in [6, 6.07) is 2.92. The second-order valence-corrected chi connectivity index (χ2v) is 4.55. The van der Waals surface area contributed by atoms with Crippen LogP contribution in [0, 0.1) is 0 Å². The zero-order chi connectivity index (χ0) is 15.5. The number of ether oxygens (including phenoxy) is 1. The van der Waals surface area contributed by atoms with E-state index in [0.29, 0.717) is 11.3 Å². The third-order valence-corrected chi connectivity index (χ3v) is 2.85. The Hall–Kier alpha value is -1.89. The molecule has 1 unspecified atom stereocenters. The van der Waals surface area contributed by atoms with Gasteiger partial charge in [-0.15, -0.1) is 0 Å². The van der Waals surface area contributed by atoms with Crippen molar-refractivity contribution in [2.24, 2.45) is 0 Å². The molecule has 0 bridgehead atoms. The van der Waals surface area contributed by atoms with Crippen LogP contribution < -0.4 is 4.74 Å². The lowest BCUT2D eigenvalue weighted by molar-refractivity contribution is -0.196. The highest BCUT2D eigenvalue weighted by Gasteiger charge is 2.40. The maximum Gasteiger partial charge on any atom is 0.425 e. The van der Waals surface area contributed by atoms with Gasteiger partial charge in [-0.3, -0.25) is 4.98 Å². The van der Waals surface area contributed by atoms with Gasteiger partial charge in [-0.2, -0.15) is 13.2 Å². The Balaban J connectivity index is 2.13. The molecule has 0 saturated carbocycles. The summed E-state index contributed by atoms with van der Waals surface area (Å²) in [5.41, 5.74) is 1.12. The summed E-state index contributed by atoms with van der Waals surface area (Å²) in [5, 5.41) is 0.252. The molecule has 0 aromatic carbocycles. The molecular formula is C13H11ClF3N3O. The summed E-state index contributed by atoms with van der Waals surface area (Å²) >= 11 is 5.62. The number of aromatic nitrogens is 3. The van der Waals surface area contributed by atoms with Crippen LogP contribution in [0.3, 0.4) is 0 Å². The minimum Gasteiger partial charge on any atom is -0.465 e. The fourth-order valence-electron chi connectivity index (χ4n) is 1.59. The third-order valence-electron chi connectivity index (χ3n) is 2.65. The van der Waals surface area contributed by atoms with Crippen molar-refractivity contribution >= 4 is 11.6 Å². The lowest BCUT2D eigenvalue weighted by Crippen LogP contribution is -2.33. The standard InChI is InChI=1S/C13H11ClF3N3O/c1-2-10(13(15,16)17)21-12-4-3-8(5-20-12)9-6-19-11(14)7-18-9/h3-7,10H,2H2,1H3. The molecule has 0 aliphatic rings. The Morgan fingerprint density at radius 2 is 1.90 bits per heavy atom. The van der Waals surface area contributed by atoms with E-state index in [0.717, 1.165) is 0 Å². The minimum atomic E-state index is -4.42. The summed E-state index contributed by atoms with van der Waals surface area (Å²) in [7, 11) is 0. The fourth-order valence-corrected chi connectivity index (χ4v) is 1.69. The Labute approximate surface area is 124 Å². The van der Waals surface area contributed by atoms with Crippen LogP contribution in [-0.4, -0.2) is 27.2 Å². The molecule has 2 aromatic heterocycles. The van der Waals surface area contributed by atoms with E-state index in [-0.39, 0.29) is 17.5 Å². The second-order valence-electron chi connectivity index (χ2n) is 4.17. The van der Waals surface area contributed by atoms with Gasteiger partial charge in [0.25, 0.3) is 0 Å². The number of nitrogens with zero attached hydrogens (tertiary/aromatic N) is 3. The Morgan fingerprint density at radius 1 is 1.14 bits per heavy atom. The molecule has 112 valence electrons. The van der Waals surface area contributed by atoms with Gasteiger partial charge >= 0.3 is 6.18 Å². The highest BCUT2D eigenvalue weighted by Crippen LogP contribution is 2.27. The van der Waals surface area contributed by atoms with Gasteiger partial charge in [0.2, 0.25) is 5.88 Å². The van der Waals surface area contributed by atoms with E-state index in [1.807, 2.05) is 0 Å². The van der Waals surface area contributed by atoms with Crippen molar-refractivity contribution in [2.45, 2.75) is 25.6 Å². The van der Waals surface area contributed by atoms with Gasteiger partial charge in [0.05, 0.1) is 18.1 Å². The van der Waals surface area contributed by atoms with Gasteiger partial charge in [-0.1, -0.05) is 18.5 Å². The number of halogens is 4. The quantitative estimate of drug-likeness (QED) is 0.857. The van der Waals surface area contributed by atoms with Crippen LogP contribution in [0.2, 0.25) is 5.15 Å². The number of pyridine rings is 1. The van der Waals surface area contributed by atoms with Crippen LogP contribution in [0.1, 0.15) is 13.3 Å². The minimum absolute atomic E-state index is 0.0927. The molecule has 0 radical (unpaired) electrons. The lowest BCUT2D eigenvalue weighted by Gasteiger charge is -2.19. The van der Waals surface area contributed by atoms with Crippen molar-refractivity contribution in [3.8, 4) is 17.1 Å². The van der Waals surface area contributed by atoms with E-state index >= 15 is 0 Å². The van der Waals surface area contributed by atoms with E-state index in [1.165, 1.54) is 31.6 Å². The SMILES string of the molecule is CCC(Oc1ccc(-c2cnc(Cl)cn2)cn1)C(F)(F)F. The first-order valence-corrected chi connectivity index (χ1v) is 6.45. The summed E-state index contributed by atoms with van der Waals surface area (Å²) in [6.45, 7) is 1.40. The molecule has 0 spiro atoms. The van der Waals surface area contributed by atoms with Crippen LogP contribution in [0.15, 0.2) is 30.7 Å². The highest BCUT2D eigenvalue weighted by atomic mass is 35.5. The number of rotatable bonds is 4. The van der Waals surface area contributed by atoms with Crippen LogP contribution in [0.25, 0.3) is 11.3 Å². The molecule has 0 fully saturated rings. The average molecular weight is 318 g/mol. The van der Waals surface area contributed by atoms with Gasteiger partial charge in [-0.05, 0) is 12.5 Å². The smallest absolute Gasteiger partial charge is 0.425 e. The molecule has 0 aliphatic heterocycles. The highest BCUT2D eigenvalue weighted by molar-refractivity contribution is 6.29. The van der Waals surface area contributed by atoms with Gasteiger partial charge in [0.15, 0.2) is 6.10 Å². The van der Waals surface area contributed by atoms with Crippen molar-refractivity contribution in [3.63, 3.8) is 0 Å². The molecule has 0 N–H and O–H groups in total. The van der Waals surface area contributed by atoms with Crippen molar-refractivity contribution in [1.29, 1.82) is 0 Å². The van der Waals surface area contributed by atoms with E-state index in [4.69, 9.17) is 16.3 Å². The average Bonchev–Trinajstić information content (AvgIpc) is 2.45. The van der Waals surface area contributed by atoms with Crippen molar-refractivity contribution in [3.05, 3.63) is 35.9 Å². The van der Waals surface area contributed by atoms with Crippen LogP contribution in [0.5, 0.6) is 5.88 Å². The molecule has 1 atom stereocenters. The monoisotopic (exact) mass is 317 g/mol. The van der Waals surface area contributed by atoms with Gasteiger partial charge in [0, 0.05) is 17.8 Å². The molecule has 21 heavy (non-hydrogen) atoms. The Morgan fingerprint density at radius 3 is 2.38 bits per heavy atom. The molecule has 4 nitrogen and oxygen atoms in total. The number of hydrogen-bond donors (Lipinski definition) is 0. The first kappa shape index (κ1) is 15.5. The largest absolute Gasteiger partial charge is 0.465 e. The van der Waals surface area contributed by atoms with Crippen LogP contribution in [-0.2, 0) is 0 Å². The predicted octanol–water partition coefficient (Wildman–Crippen LogP) is 3.91. The Bertz CT molecular complexity index is 587. The van der Waals surface area contributed by atoms with Crippen LogP contribution >= 0.6 is 11.6 Å². The second kappa shape index (κ2) is 6.26. The van der Waals surface area contributed by atoms with Gasteiger partial charge < -0.3 is 4.74 Å². The van der Waals surface area contributed by atoms with Crippen molar-refractivity contribution < 1.29 is 17.9 Å². The lowest BCUT2D eigenvalue weighted by atomic mass is 10.2. The third kappa shape index (κ3) is 4.04. The summed E-state index contributed by atoms with van der Waals surface area (Å²) < 4.78 is 42.7. The first-order chi connectivity index (χ1) is 9.90. The molecule has 8 heteroatoms. The van der Waals surface area contributed by atoms with E-state index < -0.39 is 12.3 Å². The van der Waals surface area contributed by atoms with E-state index in [1.54, 1.807) is 6.07 Å². The maximum absolute atomic E-state index is 12.6. The topological polar surface area (TPSA) is 47.9 Å². The molecule has 0 aliphatic carbocycles. The summed E-state index contributed by atoms with van der Waals surface area (Å²) in [4.78, 5) is 11.8. The molecule has 0 saturated heterocycles. The molecule has 0 amide bonds.